The van der Waals surface area contributed by atoms with Gasteiger partial charge in [-0.1, -0.05) is 40.9 Å². The van der Waals surface area contributed by atoms with E-state index in [1.54, 1.807) is 0 Å². The third-order valence-electron chi connectivity index (χ3n) is 1.64. The highest BCUT2D eigenvalue weighted by molar-refractivity contribution is 7.79. The van der Waals surface area contributed by atoms with E-state index >= 15 is 0 Å². The maximum Gasteiger partial charge on any atom is 0.0142 e. The Balaban J connectivity index is 2.57. The van der Waals surface area contributed by atoms with Gasteiger partial charge in [-0.05, 0) is 18.9 Å². The lowest BCUT2D eigenvalue weighted by Crippen LogP contribution is -1.99. The van der Waals surface area contributed by atoms with Crippen molar-refractivity contribution in [3.8, 4) is 0 Å². The molecule has 12 heavy (non-hydrogen) atoms. The molecule has 0 N–H and O–H groups in total. The average molecular weight is 183 g/mol. The predicted molar refractivity (Wildman–Crippen MR) is 48.7 cm³/mol. The number of rotatable bonds is 3. The molecular formula is C9H11O2S-. The van der Waals surface area contributed by atoms with Gasteiger partial charge in [-0.15, -0.1) is 0 Å². The topological polar surface area (TPSA) is 40.1 Å². The van der Waals surface area contributed by atoms with Crippen molar-refractivity contribution in [2.24, 2.45) is 0 Å². The van der Waals surface area contributed by atoms with Crippen molar-refractivity contribution in [3.05, 3.63) is 35.4 Å². The van der Waals surface area contributed by atoms with E-state index < -0.39 is 11.1 Å². The van der Waals surface area contributed by atoms with Crippen LogP contribution in [-0.4, -0.2) is 14.5 Å². The van der Waals surface area contributed by atoms with Gasteiger partial charge in [0, 0.05) is 5.75 Å². The molecule has 2 nitrogen and oxygen atoms in total. The smallest absolute Gasteiger partial charge is 0.0142 e. The summed E-state index contributed by atoms with van der Waals surface area (Å²) in [5.74, 6) is 0.212. The second-order valence-corrected chi connectivity index (χ2v) is 3.76. The average Bonchev–Trinajstić information content (AvgIpc) is 2.01. The molecule has 3 heteroatoms. The van der Waals surface area contributed by atoms with Crippen molar-refractivity contribution in [1.29, 1.82) is 0 Å². The van der Waals surface area contributed by atoms with E-state index in [2.05, 4.69) is 0 Å². The van der Waals surface area contributed by atoms with Crippen LogP contribution in [0.3, 0.4) is 0 Å². The Labute approximate surface area is 74.9 Å². The summed E-state index contributed by atoms with van der Waals surface area (Å²) in [6.07, 6.45) is 0.609. The molecule has 0 fully saturated rings. The third-order valence-corrected chi connectivity index (χ3v) is 2.18. The molecule has 1 atom stereocenters. The van der Waals surface area contributed by atoms with Crippen molar-refractivity contribution >= 4 is 11.1 Å². The summed E-state index contributed by atoms with van der Waals surface area (Å²) in [7, 11) is 0. The predicted octanol–water partition coefficient (Wildman–Crippen LogP) is 1.42. The van der Waals surface area contributed by atoms with Gasteiger partial charge < -0.3 is 4.55 Å². The standard InChI is InChI=1S/C9H12O2S/c1-8-3-2-4-9(7-8)5-6-12(10)11/h2-4,7H,5-6H2,1H3,(H,10,11)/p-1. The first-order valence-electron chi connectivity index (χ1n) is 3.80. The molecule has 0 saturated carbocycles. The minimum atomic E-state index is -1.92. The molecule has 0 aromatic heterocycles. The molecule has 1 aromatic rings. The van der Waals surface area contributed by atoms with Crippen LogP contribution in [-0.2, 0) is 17.5 Å². The normalized spacial score (nSPS) is 12.8. The zero-order valence-electron chi connectivity index (χ0n) is 6.95. The first-order chi connectivity index (χ1) is 5.68. The van der Waals surface area contributed by atoms with Gasteiger partial charge in [0.1, 0.15) is 0 Å². The monoisotopic (exact) mass is 183 g/mol. The van der Waals surface area contributed by atoms with E-state index in [4.69, 9.17) is 0 Å². The maximum absolute atomic E-state index is 10.3. The second kappa shape index (κ2) is 4.38. The van der Waals surface area contributed by atoms with E-state index in [9.17, 15) is 8.76 Å². The maximum atomic E-state index is 10.3. The zero-order chi connectivity index (χ0) is 8.97. The summed E-state index contributed by atoms with van der Waals surface area (Å²) in [6.45, 7) is 2.00. The lowest BCUT2D eigenvalue weighted by atomic mass is 10.1. The van der Waals surface area contributed by atoms with Crippen LogP contribution in [0.2, 0.25) is 0 Å². The van der Waals surface area contributed by atoms with Gasteiger partial charge in [0.05, 0.1) is 0 Å². The van der Waals surface area contributed by atoms with E-state index in [1.807, 2.05) is 31.2 Å². The minimum Gasteiger partial charge on any atom is -0.772 e. The van der Waals surface area contributed by atoms with Crippen LogP contribution < -0.4 is 0 Å². The molecule has 1 aromatic carbocycles. The molecule has 0 bridgehead atoms. The molecule has 1 rings (SSSR count). The molecular weight excluding hydrogens is 172 g/mol. The molecule has 1 unspecified atom stereocenters. The van der Waals surface area contributed by atoms with E-state index in [-0.39, 0.29) is 5.75 Å². The van der Waals surface area contributed by atoms with E-state index in [1.165, 1.54) is 5.56 Å². The third kappa shape index (κ3) is 3.15. The van der Waals surface area contributed by atoms with Crippen LogP contribution in [0.4, 0.5) is 0 Å². The Morgan fingerprint density at radius 1 is 1.50 bits per heavy atom. The first-order valence-corrected chi connectivity index (χ1v) is 5.04. The lowest BCUT2D eigenvalue weighted by molar-refractivity contribution is 0.536. The summed E-state index contributed by atoms with van der Waals surface area (Å²) in [5, 5.41) is 0. The Hall–Kier alpha value is -0.670. The molecule has 0 saturated heterocycles. The molecule has 0 aliphatic carbocycles. The quantitative estimate of drug-likeness (QED) is 0.665. The SMILES string of the molecule is Cc1cccc(CCS(=O)[O-])c1. The number of hydrogen-bond donors (Lipinski definition) is 0. The molecule has 0 heterocycles. The Kier molecular flexibility index (Phi) is 3.44. The Morgan fingerprint density at radius 3 is 2.83 bits per heavy atom. The molecule has 0 radical (unpaired) electrons. The first kappa shape index (κ1) is 9.42. The van der Waals surface area contributed by atoms with Crippen LogP contribution in [0.15, 0.2) is 24.3 Å². The second-order valence-electron chi connectivity index (χ2n) is 2.75. The fourth-order valence-corrected chi connectivity index (χ4v) is 1.47. The zero-order valence-corrected chi connectivity index (χ0v) is 7.76. The number of hydrogen-bond acceptors (Lipinski definition) is 2. The van der Waals surface area contributed by atoms with Gasteiger partial charge in [0.2, 0.25) is 0 Å². The summed E-state index contributed by atoms with van der Waals surface area (Å²) >= 11 is -1.92. The lowest BCUT2D eigenvalue weighted by Gasteiger charge is -2.04. The van der Waals surface area contributed by atoms with Crippen molar-refractivity contribution in [1.82, 2.24) is 0 Å². The van der Waals surface area contributed by atoms with Gasteiger partial charge in [-0.2, -0.15) is 0 Å². The Bertz CT molecular complexity index is 284. The molecule has 0 amide bonds. The highest BCUT2D eigenvalue weighted by Gasteiger charge is 1.92. The summed E-state index contributed by atoms with van der Waals surface area (Å²) in [6, 6.07) is 7.89. The molecule has 0 spiro atoms. The Morgan fingerprint density at radius 2 is 2.25 bits per heavy atom. The van der Waals surface area contributed by atoms with Gasteiger partial charge in [0.25, 0.3) is 0 Å². The summed E-state index contributed by atoms with van der Waals surface area (Å²) in [4.78, 5) is 0. The number of benzene rings is 1. The number of aryl methyl sites for hydroxylation is 2. The van der Waals surface area contributed by atoms with Crippen molar-refractivity contribution in [2.45, 2.75) is 13.3 Å². The highest BCUT2D eigenvalue weighted by Crippen LogP contribution is 2.04. The van der Waals surface area contributed by atoms with Crippen molar-refractivity contribution in [3.63, 3.8) is 0 Å². The summed E-state index contributed by atoms with van der Waals surface area (Å²) < 4.78 is 20.5. The summed E-state index contributed by atoms with van der Waals surface area (Å²) in [5.41, 5.74) is 2.25. The van der Waals surface area contributed by atoms with Gasteiger partial charge in [-0.3, -0.25) is 4.21 Å². The molecule has 0 aliphatic rings. The van der Waals surface area contributed by atoms with Crippen molar-refractivity contribution in [2.75, 3.05) is 5.75 Å². The van der Waals surface area contributed by atoms with Gasteiger partial charge in [0.15, 0.2) is 0 Å². The van der Waals surface area contributed by atoms with Crippen LogP contribution in [0, 0.1) is 6.92 Å². The largest absolute Gasteiger partial charge is 0.772 e. The molecule has 66 valence electrons. The highest BCUT2D eigenvalue weighted by atomic mass is 32.2. The fourth-order valence-electron chi connectivity index (χ4n) is 1.07. The van der Waals surface area contributed by atoms with Crippen molar-refractivity contribution < 1.29 is 8.76 Å². The van der Waals surface area contributed by atoms with Gasteiger partial charge in [-0.25, -0.2) is 0 Å². The van der Waals surface area contributed by atoms with Crippen LogP contribution in [0.1, 0.15) is 11.1 Å². The molecule has 0 aliphatic heterocycles. The van der Waals surface area contributed by atoms with E-state index in [0.717, 1.165) is 5.56 Å². The minimum absolute atomic E-state index is 0.212. The van der Waals surface area contributed by atoms with Gasteiger partial charge >= 0.3 is 0 Å². The van der Waals surface area contributed by atoms with Crippen LogP contribution in [0.5, 0.6) is 0 Å². The fraction of sp³-hybridized carbons (Fsp3) is 0.333. The van der Waals surface area contributed by atoms with E-state index in [0.29, 0.717) is 6.42 Å². The van der Waals surface area contributed by atoms with Crippen LogP contribution in [0.25, 0.3) is 0 Å². The van der Waals surface area contributed by atoms with Crippen LogP contribution >= 0.6 is 0 Å².